The van der Waals surface area contributed by atoms with Gasteiger partial charge in [0.25, 0.3) is 0 Å². The van der Waals surface area contributed by atoms with E-state index in [0.717, 1.165) is 82.2 Å². The maximum Gasteiger partial charge on any atom is 0.312 e. The van der Waals surface area contributed by atoms with E-state index >= 15 is 0 Å². The third kappa shape index (κ3) is 4.46. The van der Waals surface area contributed by atoms with Crippen LogP contribution in [0.5, 0.6) is 0 Å². The SMILES string of the molecule is Cl.Cl.O=C1OC(CN2CCc3nc(-c4cccnc4)nn3CC2)CC12CCNCC2. The third-order valence-electron chi connectivity index (χ3n) is 6.30. The van der Waals surface area contributed by atoms with Gasteiger partial charge in [0.15, 0.2) is 5.82 Å². The Bertz CT molecular complexity index is 831. The molecule has 3 aliphatic heterocycles. The lowest BCUT2D eigenvalue weighted by atomic mass is 9.76. The molecule has 1 N–H and O–H groups in total. The van der Waals surface area contributed by atoms with Crippen LogP contribution in [-0.4, -0.2) is 69.4 Å². The van der Waals surface area contributed by atoms with Gasteiger partial charge in [-0.05, 0) is 38.1 Å². The first-order chi connectivity index (χ1) is 13.7. The predicted molar refractivity (Wildman–Crippen MR) is 117 cm³/mol. The number of fused-ring (bicyclic) bond motifs is 1. The second kappa shape index (κ2) is 9.60. The fourth-order valence-corrected chi connectivity index (χ4v) is 4.68. The fraction of sp³-hybridized carbons (Fsp3) is 0.600. The summed E-state index contributed by atoms with van der Waals surface area (Å²) in [7, 11) is 0. The van der Waals surface area contributed by atoms with E-state index in [1.165, 1.54) is 0 Å². The molecule has 10 heteroatoms. The van der Waals surface area contributed by atoms with E-state index in [4.69, 9.17) is 9.72 Å². The maximum atomic E-state index is 12.5. The number of nitrogens with zero attached hydrogens (tertiary/aromatic N) is 5. The molecule has 1 unspecified atom stereocenters. The zero-order valence-electron chi connectivity index (χ0n) is 16.8. The smallest absolute Gasteiger partial charge is 0.312 e. The number of aromatic nitrogens is 4. The van der Waals surface area contributed by atoms with E-state index in [1.54, 1.807) is 12.4 Å². The molecule has 30 heavy (non-hydrogen) atoms. The number of carbonyl (C=O) groups is 1. The number of carbonyl (C=O) groups excluding carboxylic acids is 1. The molecule has 5 rings (SSSR count). The normalized spacial score (nSPS) is 23.1. The first-order valence-corrected chi connectivity index (χ1v) is 10.2. The minimum absolute atomic E-state index is 0. The molecule has 1 atom stereocenters. The summed E-state index contributed by atoms with van der Waals surface area (Å²) in [6.45, 7) is 5.24. The molecule has 2 aromatic rings. The minimum Gasteiger partial charge on any atom is -0.461 e. The van der Waals surface area contributed by atoms with Crippen molar-refractivity contribution in [1.82, 2.24) is 30.0 Å². The maximum absolute atomic E-state index is 12.5. The lowest BCUT2D eigenvalue weighted by Gasteiger charge is -2.29. The van der Waals surface area contributed by atoms with E-state index in [9.17, 15) is 4.79 Å². The monoisotopic (exact) mass is 454 g/mol. The predicted octanol–water partition coefficient (Wildman–Crippen LogP) is 1.73. The number of halogens is 2. The first-order valence-electron chi connectivity index (χ1n) is 10.2. The summed E-state index contributed by atoms with van der Waals surface area (Å²) < 4.78 is 7.79. The number of piperidine rings is 1. The lowest BCUT2D eigenvalue weighted by Crippen LogP contribution is -2.40. The summed E-state index contributed by atoms with van der Waals surface area (Å²) in [4.78, 5) is 23.7. The topological polar surface area (TPSA) is 85.2 Å². The molecule has 2 aromatic heterocycles. The Morgan fingerprint density at radius 1 is 1.20 bits per heavy atom. The standard InChI is InChI=1S/C20H26N6O2.2ClH/c27-19-20(4-7-21-8-5-20)12-16(28-19)14-25-9-3-17-23-18(24-26(17)11-10-25)15-2-1-6-22-13-15;;/h1-2,6,13,16,21H,3-5,7-12,14H2;2*1H. The highest BCUT2D eigenvalue weighted by atomic mass is 35.5. The van der Waals surface area contributed by atoms with Crippen LogP contribution in [0, 0.1) is 5.41 Å². The van der Waals surface area contributed by atoms with Crippen molar-refractivity contribution in [3.05, 3.63) is 30.4 Å². The van der Waals surface area contributed by atoms with Crippen LogP contribution in [0.2, 0.25) is 0 Å². The van der Waals surface area contributed by atoms with Crippen molar-refractivity contribution >= 4 is 30.8 Å². The van der Waals surface area contributed by atoms with Crippen molar-refractivity contribution in [2.75, 3.05) is 32.7 Å². The highest BCUT2D eigenvalue weighted by Crippen LogP contribution is 2.41. The van der Waals surface area contributed by atoms with E-state index in [1.807, 2.05) is 16.8 Å². The van der Waals surface area contributed by atoms with Crippen LogP contribution >= 0.6 is 24.8 Å². The largest absolute Gasteiger partial charge is 0.461 e. The highest BCUT2D eigenvalue weighted by molar-refractivity contribution is 5.85. The van der Waals surface area contributed by atoms with Crippen molar-refractivity contribution in [3.8, 4) is 11.4 Å². The fourth-order valence-electron chi connectivity index (χ4n) is 4.68. The number of rotatable bonds is 3. The Hall–Kier alpha value is -1.74. The van der Waals surface area contributed by atoms with Gasteiger partial charge in [-0.3, -0.25) is 14.7 Å². The second-order valence-corrected chi connectivity index (χ2v) is 8.13. The van der Waals surface area contributed by atoms with E-state index < -0.39 is 0 Å². The summed E-state index contributed by atoms with van der Waals surface area (Å²) in [6, 6.07) is 3.89. The molecule has 8 nitrogen and oxygen atoms in total. The summed E-state index contributed by atoms with van der Waals surface area (Å²) in [5, 5.41) is 8.02. The number of hydrogen-bond donors (Lipinski definition) is 1. The first kappa shape index (κ1) is 22.9. The number of esters is 1. The number of ether oxygens (including phenoxy) is 1. The summed E-state index contributed by atoms with van der Waals surface area (Å²) in [5.74, 6) is 1.78. The highest BCUT2D eigenvalue weighted by Gasteiger charge is 2.49. The average Bonchev–Trinajstić information content (AvgIpc) is 3.20. The molecule has 0 aliphatic carbocycles. The molecule has 0 bridgehead atoms. The molecule has 2 fully saturated rings. The van der Waals surface area contributed by atoms with Crippen molar-refractivity contribution in [2.24, 2.45) is 5.41 Å². The minimum atomic E-state index is -0.241. The summed E-state index contributed by atoms with van der Waals surface area (Å²) >= 11 is 0. The molecule has 1 spiro atoms. The Balaban J connectivity index is 0.00000128. The Kier molecular flexibility index (Phi) is 7.34. The van der Waals surface area contributed by atoms with Gasteiger partial charge in [0, 0.05) is 50.4 Å². The average molecular weight is 455 g/mol. The van der Waals surface area contributed by atoms with Gasteiger partial charge >= 0.3 is 5.97 Å². The van der Waals surface area contributed by atoms with Crippen molar-refractivity contribution < 1.29 is 9.53 Å². The summed E-state index contributed by atoms with van der Waals surface area (Å²) in [6.07, 6.45) is 7.08. The molecule has 0 radical (unpaired) electrons. The Morgan fingerprint density at radius 3 is 2.80 bits per heavy atom. The van der Waals surface area contributed by atoms with Gasteiger partial charge in [-0.15, -0.1) is 24.8 Å². The zero-order valence-corrected chi connectivity index (χ0v) is 18.5. The van der Waals surface area contributed by atoms with Crippen molar-refractivity contribution in [3.63, 3.8) is 0 Å². The van der Waals surface area contributed by atoms with E-state index in [0.29, 0.717) is 0 Å². The van der Waals surface area contributed by atoms with Crippen molar-refractivity contribution in [2.45, 2.75) is 38.3 Å². The number of cyclic esters (lactones) is 1. The van der Waals surface area contributed by atoms with Gasteiger partial charge in [-0.1, -0.05) is 0 Å². The van der Waals surface area contributed by atoms with Gasteiger partial charge in [0.05, 0.1) is 12.0 Å². The zero-order chi connectivity index (χ0) is 19.0. The third-order valence-corrected chi connectivity index (χ3v) is 6.30. The molecular formula is C20H28Cl2N6O2. The molecule has 0 amide bonds. The van der Waals surface area contributed by atoms with Crippen LogP contribution in [-0.2, 0) is 22.5 Å². The molecule has 0 saturated carbocycles. The van der Waals surface area contributed by atoms with E-state index in [-0.39, 0.29) is 42.3 Å². The van der Waals surface area contributed by atoms with Gasteiger partial charge in [-0.2, -0.15) is 5.10 Å². The number of pyridine rings is 1. The van der Waals surface area contributed by atoms with Crippen LogP contribution < -0.4 is 5.32 Å². The van der Waals surface area contributed by atoms with Gasteiger partial charge in [0.1, 0.15) is 11.9 Å². The molecule has 2 saturated heterocycles. The Labute approximate surface area is 188 Å². The van der Waals surface area contributed by atoms with Crippen LogP contribution in [0.4, 0.5) is 0 Å². The van der Waals surface area contributed by atoms with Crippen LogP contribution in [0.1, 0.15) is 25.1 Å². The lowest BCUT2D eigenvalue weighted by molar-refractivity contribution is -0.150. The molecule has 3 aliphatic rings. The molecule has 5 heterocycles. The van der Waals surface area contributed by atoms with Gasteiger partial charge in [-0.25, -0.2) is 9.67 Å². The molecular weight excluding hydrogens is 427 g/mol. The number of nitrogens with one attached hydrogen (secondary N) is 1. The van der Waals surface area contributed by atoms with E-state index in [2.05, 4.69) is 20.3 Å². The van der Waals surface area contributed by atoms with Crippen LogP contribution in [0.15, 0.2) is 24.5 Å². The van der Waals surface area contributed by atoms with Crippen LogP contribution in [0.3, 0.4) is 0 Å². The molecule has 164 valence electrons. The van der Waals surface area contributed by atoms with Crippen molar-refractivity contribution in [1.29, 1.82) is 0 Å². The van der Waals surface area contributed by atoms with Gasteiger partial charge in [0.2, 0.25) is 0 Å². The molecule has 0 aromatic carbocycles. The van der Waals surface area contributed by atoms with Crippen LogP contribution in [0.25, 0.3) is 11.4 Å². The Morgan fingerprint density at radius 2 is 2.03 bits per heavy atom. The number of hydrogen-bond acceptors (Lipinski definition) is 7. The van der Waals surface area contributed by atoms with Gasteiger partial charge < -0.3 is 10.1 Å². The quantitative estimate of drug-likeness (QED) is 0.706. The summed E-state index contributed by atoms with van der Waals surface area (Å²) in [5.41, 5.74) is 0.708. The second-order valence-electron chi connectivity index (χ2n) is 8.13.